The third kappa shape index (κ3) is 3.39. The highest BCUT2D eigenvalue weighted by atomic mass is 16.4. The normalized spacial score (nSPS) is 25.3. The Morgan fingerprint density at radius 1 is 1.43 bits per heavy atom. The molecule has 0 bridgehead atoms. The highest BCUT2D eigenvalue weighted by molar-refractivity contribution is 6.03. The predicted molar refractivity (Wildman–Crippen MR) is 76.1 cm³/mol. The minimum Gasteiger partial charge on any atom is -0.478 e. The minimum atomic E-state index is -1.19. The number of carboxylic acids is 1. The summed E-state index contributed by atoms with van der Waals surface area (Å²) in [4.78, 5) is 27.3. The number of nitrogens with one attached hydrogen (secondary N) is 1. The molecule has 0 aliphatic heterocycles. The molecule has 0 aromatic carbocycles. The topological polar surface area (TPSA) is 99.5 Å². The Morgan fingerprint density at radius 2 is 2.10 bits per heavy atom. The van der Waals surface area contributed by atoms with Gasteiger partial charge in [0.1, 0.15) is 5.69 Å². The van der Waals surface area contributed by atoms with Gasteiger partial charge in [0.05, 0.1) is 17.7 Å². The maximum atomic E-state index is 12.3. The smallest absolute Gasteiger partial charge is 0.338 e. The molecule has 1 aromatic rings. The number of aliphatic hydroxyl groups excluding tert-OH is 1. The highest BCUT2D eigenvalue weighted by Gasteiger charge is 2.36. The van der Waals surface area contributed by atoms with Crippen LogP contribution in [0.5, 0.6) is 0 Å². The van der Waals surface area contributed by atoms with Gasteiger partial charge in [-0.25, -0.2) is 4.79 Å². The molecule has 1 heterocycles. The van der Waals surface area contributed by atoms with E-state index in [4.69, 9.17) is 5.11 Å². The van der Waals surface area contributed by atoms with Gasteiger partial charge in [-0.3, -0.25) is 9.78 Å². The predicted octanol–water partition coefficient (Wildman–Crippen LogP) is 1.45. The van der Waals surface area contributed by atoms with Crippen molar-refractivity contribution in [2.45, 2.75) is 38.1 Å². The first-order chi connectivity index (χ1) is 9.97. The van der Waals surface area contributed by atoms with Crippen molar-refractivity contribution < 1.29 is 19.8 Å². The number of aromatic carboxylic acids is 1. The number of rotatable bonds is 4. The molecule has 1 aliphatic rings. The van der Waals surface area contributed by atoms with E-state index in [1.807, 2.05) is 0 Å². The zero-order valence-electron chi connectivity index (χ0n) is 12.0. The monoisotopic (exact) mass is 292 g/mol. The first-order valence-electron chi connectivity index (χ1n) is 7.09. The zero-order chi connectivity index (χ0) is 15.5. The van der Waals surface area contributed by atoms with Gasteiger partial charge in [-0.15, -0.1) is 0 Å². The van der Waals surface area contributed by atoms with Crippen molar-refractivity contribution in [3.05, 3.63) is 29.6 Å². The molecule has 0 spiro atoms. The molecule has 1 aromatic heterocycles. The molecule has 114 valence electrons. The molecule has 0 unspecified atom stereocenters. The van der Waals surface area contributed by atoms with E-state index in [9.17, 15) is 14.7 Å². The van der Waals surface area contributed by atoms with Crippen LogP contribution in [0.3, 0.4) is 0 Å². The van der Waals surface area contributed by atoms with E-state index in [1.54, 1.807) is 0 Å². The fraction of sp³-hybridized carbons (Fsp3) is 0.533. The van der Waals surface area contributed by atoms with Crippen molar-refractivity contribution >= 4 is 11.9 Å². The number of aliphatic hydroxyl groups is 1. The summed E-state index contributed by atoms with van der Waals surface area (Å²) >= 11 is 0. The van der Waals surface area contributed by atoms with Crippen LogP contribution in [0, 0.1) is 5.92 Å². The third-order valence-electron chi connectivity index (χ3n) is 4.17. The second kappa shape index (κ2) is 6.22. The number of carboxylic acid groups (broad SMARTS) is 1. The van der Waals surface area contributed by atoms with E-state index < -0.39 is 17.4 Å². The molecule has 1 saturated carbocycles. The fourth-order valence-corrected chi connectivity index (χ4v) is 2.70. The highest BCUT2D eigenvalue weighted by Crippen LogP contribution is 2.31. The van der Waals surface area contributed by atoms with Crippen molar-refractivity contribution in [1.29, 1.82) is 0 Å². The summed E-state index contributed by atoms with van der Waals surface area (Å²) in [5.41, 5.74) is -0.916. The fourth-order valence-electron chi connectivity index (χ4n) is 2.70. The Kier molecular flexibility index (Phi) is 4.57. The molecular weight excluding hydrogens is 272 g/mol. The molecule has 0 atom stereocenters. The number of carbonyl (C=O) groups excluding carboxylic acids is 1. The number of aromatic nitrogens is 1. The van der Waals surface area contributed by atoms with Gasteiger partial charge in [0.25, 0.3) is 5.91 Å². The molecule has 3 N–H and O–H groups in total. The van der Waals surface area contributed by atoms with E-state index >= 15 is 0 Å². The average molecular weight is 292 g/mol. The zero-order valence-corrected chi connectivity index (χ0v) is 12.0. The van der Waals surface area contributed by atoms with Gasteiger partial charge < -0.3 is 15.5 Å². The maximum Gasteiger partial charge on any atom is 0.338 e. The molecule has 2 rings (SSSR count). The lowest BCUT2D eigenvalue weighted by Gasteiger charge is -2.38. The van der Waals surface area contributed by atoms with Gasteiger partial charge in [-0.2, -0.15) is 0 Å². The van der Waals surface area contributed by atoms with E-state index in [0.717, 1.165) is 12.8 Å². The third-order valence-corrected chi connectivity index (χ3v) is 4.17. The first kappa shape index (κ1) is 15.4. The van der Waals surface area contributed by atoms with Gasteiger partial charge in [0.2, 0.25) is 0 Å². The quantitative estimate of drug-likeness (QED) is 0.780. The Bertz CT molecular complexity index is 536. The van der Waals surface area contributed by atoms with E-state index in [2.05, 4.69) is 17.2 Å². The van der Waals surface area contributed by atoms with Crippen molar-refractivity contribution in [2.75, 3.05) is 6.61 Å². The molecule has 0 saturated heterocycles. The summed E-state index contributed by atoms with van der Waals surface area (Å²) < 4.78 is 0. The standard InChI is InChI=1S/C15H20N2O4/c1-10-4-6-15(9-18,7-5-10)17-13(19)12-11(14(20)21)3-2-8-16-12/h2-3,8,10,18H,4-7,9H2,1H3,(H,17,19)(H,20,21). The molecular formula is C15H20N2O4. The number of carbonyl (C=O) groups is 2. The first-order valence-corrected chi connectivity index (χ1v) is 7.09. The van der Waals surface area contributed by atoms with Crippen molar-refractivity contribution in [3.63, 3.8) is 0 Å². The van der Waals surface area contributed by atoms with Crippen LogP contribution >= 0.6 is 0 Å². The van der Waals surface area contributed by atoms with E-state index in [0.29, 0.717) is 18.8 Å². The van der Waals surface area contributed by atoms with E-state index in [1.165, 1.54) is 18.3 Å². The van der Waals surface area contributed by atoms with Crippen LogP contribution in [-0.2, 0) is 0 Å². The summed E-state index contributed by atoms with van der Waals surface area (Å²) in [6.45, 7) is 1.99. The van der Waals surface area contributed by atoms with Crippen LogP contribution in [0.4, 0.5) is 0 Å². The van der Waals surface area contributed by atoms with Crippen LogP contribution < -0.4 is 5.32 Å². The summed E-state index contributed by atoms with van der Waals surface area (Å²) in [7, 11) is 0. The Hall–Kier alpha value is -1.95. The van der Waals surface area contributed by atoms with Crippen LogP contribution in [0.2, 0.25) is 0 Å². The number of amides is 1. The largest absolute Gasteiger partial charge is 0.478 e. The lowest BCUT2D eigenvalue weighted by atomic mass is 9.77. The molecule has 1 fully saturated rings. The van der Waals surface area contributed by atoms with Gasteiger partial charge in [0.15, 0.2) is 0 Å². The lowest BCUT2D eigenvalue weighted by molar-refractivity contribution is 0.0666. The Labute approximate surface area is 123 Å². The summed E-state index contributed by atoms with van der Waals surface area (Å²) in [6.07, 6.45) is 4.61. The SMILES string of the molecule is CC1CCC(CO)(NC(=O)c2ncccc2C(=O)O)CC1. The Balaban J connectivity index is 2.19. The molecule has 21 heavy (non-hydrogen) atoms. The van der Waals surface area contributed by atoms with E-state index in [-0.39, 0.29) is 17.9 Å². The molecule has 6 nitrogen and oxygen atoms in total. The Morgan fingerprint density at radius 3 is 2.67 bits per heavy atom. The average Bonchev–Trinajstić information content (AvgIpc) is 2.49. The van der Waals surface area contributed by atoms with Crippen LogP contribution in [0.15, 0.2) is 18.3 Å². The summed E-state index contributed by atoms with van der Waals surface area (Å²) in [6, 6.07) is 2.82. The van der Waals surface area contributed by atoms with Gasteiger partial charge in [-0.1, -0.05) is 6.92 Å². The second-order valence-electron chi connectivity index (χ2n) is 5.78. The van der Waals surface area contributed by atoms with Crippen LogP contribution in [-0.4, -0.2) is 39.2 Å². The molecule has 0 radical (unpaired) electrons. The number of nitrogens with zero attached hydrogens (tertiary/aromatic N) is 1. The summed E-state index contributed by atoms with van der Waals surface area (Å²) in [5.74, 6) is -1.16. The maximum absolute atomic E-state index is 12.3. The van der Waals surface area contributed by atoms with Gasteiger partial charge in [0, 0.05) is 6.20 Å². The number of hydrogen-bond donors (Lipinski definition) is 3. The number of hydrogen-bond acceptors (Lipinski definition) is 4. The molecule has 1 aliphatic carbocycles. The second-order valence-corrected chi connectivity index (χ2v) is 5.78. The number of pyridine rings is 1. The van der Waals surface area contributed by atoms with Crippen molar-refractivity contribution in [3.8, 4) is 0 Å². The van der Waals surface area contributed by atoms with Crippen molar-refractivity contribution in [1.82, 2.24) is 10.3 Å². The van der Waals surface area contributed by atoms with Crippen LogP contribution in [0.1, 0.15) is 53.5 Å². The molecule has 1 amide bonds. The van der Waals surface area contributed by atoms with Crippen molar-refractivity contribution in [2.24, 2.45) is 5.92 Å². The van der Waals surface area contributed by atoms with Crippen LogP contribution in [0.25, 0.3) is 0 Å². The van der Waals surface area contributed by atoms with Gasteiger partial charge in [-0.05, 0) is 43.7 Å². The summed E-state index contributed by atoms with van der Waals surface area (Å²) in [5, 5.41) is 21.6. The minimum absolute atomic E-state index is 0.114. The molecule has 6 heteroatoms. The lowest BCUT2D eigenvalue weighted by Crippen LogP contribution is -2.53. The van der Waals surface area contributed by atoms with Gasteiger partial charge >= 0.3 is 5.97 Å².